The van der Waals surface area contributed by atoms with Crippen LogP contribution in [0.3, 0.4) is 0 Å². The Hall–Kier alpha value is -1.85. The molecule has 0 spiro atoms. The first kappa shape index (κ1) is 55.2. The van der Waals surface area contributed by atoms with E-state index in [1.165, 1.54) is 180 Å². The molecule has 0 amide bonds. The number of ether oxygens (including phenoxy) is 3. The van der Waals surface area contributed by atoms with Gasteiger partial charge in [0.2, 0.25) is 0 Å². The second-order valence-electron chi connectivity index (χ2n) is 17.1. The van der Waals surface area contributed by atoms with Crippen molar-refractivity contribution in [3.63, 3.8) is 0 Å². The fourth-order valence-corrected chi connectivity index (χ4v) is 7.45. The molecule has 0 N–H and O–H groups in total. The zero-order valence-electron chi connectivity index (χ0n) is 38.4. The Morgan fingerprint density at radius 1 is 0.333 bits per heavy atom. The number of esters is 3. The topological polar surface area (TPSA) is 78.9 Å². The molecular formula is C51H96O6. The maximum atomic E-state index is 12.8. The molecule has 0 fully saturated rings. The van der Waals surface area contributed by atoms with E-state index in [0.29, 0.717) is 19.3 Å². The van der Waals surface area contributed by atoms with E-state index in [9.17, 15) is 14.4 Å². The van der Waals surface area contributed by atoms with Crippen molar-refractivity contribution in [1.29, 1.82) is 0 Å². The van der Waals surface area contributed by atoms with E-state index in [2.05, 4.69) is 32.9 Å². The highest BCUT2D eigenvalue weighted by Crippen LogP contribution is 2.16. The van der Waals surface area contributed by atoms with Gasteiger partial charge in [-0.15, -0.1) is 0 Å². The van der Waals surface area contributed by atoms with Gasteiger partial charge in [-0.3, -0.25) is 14.4 Å². The number of rotatable bonds is 46. The summed E-state index contributed by atoms with van der Waals surface area (Å²) in [5.74, 6) is -0.895. The highest BCUT2D eigenvalue weighted by Gasteiger charge is 2.19. The van der Waals surface area contributed by atoms with Gasteiger partial charge in [-0.2, -0.15) is 0 Å². The van der Waals surface area contributed by atoms with Crippen molar-refractivity contribution >= 4 is 17.9 Å². The van der Waals surface area contributed by atoms with Gasteiger partial charge in [-0.1, -0.05) is 232 Å². The number of carbonyl (C=O) groups is 3. The summed E-state index contributed by atoms with van der Waals surface area (Å²) in [6.07, 6.45) is 50.6. The normalized spacial score (nSPS) is 12.0. The minimum atomic E-state index is -0.772. The van der Waals surface area contributed by atoms with Crippen LogP contribution in [0.15, 0.2) is 12.2 Å². The summed E-state index contributed by atoms with van der Waals surface area (Å²) in [5, 5.41) is 0. The molecule has 0 radical (unpaired) electrons. The van der Waals surface area contributed by atoms with Gasteiger partial charge in [0, 0.05) is 19.3 Å². The van der Waals surface area contributed by atoms with Crippen molar-refractivity contribution < 1.29 is 28.6 Å². The van der Waals surface area contributed by atoms with Crippen LogP contribution in [0.2, 0.25) is 0 Å². The summed E-state index contributed by atoms with van der Waals surface area (Å²) in [4.78, 5) is 37.8. The molecule has 57 heavy (non-hydrogen) atoms. The molecule has 0 saturated heterocycles. The Labute approximate surface area is 354 Å². The van der Waals surface area contributed by atoms with Crippen LogP contribution in [0.1, 0.15) is 278 Å². The summed E-state index contributed by atoms with van der Waals surface area (Å²) in [5.41, 5.74) is 0. The quantitative estimate of drug-likeness (QED) is 0.0264. The van der Waals surface area contributed by atoms with Crippen molar-refractivity contribution in [2.24, 2.45) is 0 Å². The average molecular weight is 805 g/mol. The monoisotopic (exact) mass is 805 g/mol. The Bertz CT molecular complexity index is 885. The molecular weight excluding hydrogens is 709 g/mol. The molecule has 0 bridgehead atoms. The summed E-state index contributed by atoms with van der Waals surface area (Å²) in [6, 6.07) is 0. The number of allylic oxidation sites excluding steroid dienone is 2. The third-order valence-electron chi connectivity index (χ3n) is 11.3. The summed E-state index contributed by atoms with van der Waals surface area (Å²) < 4.78 is 16.7. The Balaban J connectivity index is 4.29. The van der Waals surface area contributed by atoms with E-state index in [4.69, 9.17) is 14.2 Å². The number of hydrogen-bond acceptors (Lipinski definition) is 6. The van der Waals surface area contributed by atoms with Gasteiger partial charge >= 0.3 is 17.9 Å². The SMILES string of the molecule is CCCCCC/C=C\CCCC(=O)OCC(COC(=O)CCCCCCCCCCCCCCCCC)OC(=O)CCCCCCCCCCCCCCCCC. The van der Waals surface area contributed by atoms with Crippen LogP contribution in [0, 0.1) is 0 Å². The van der Waals surface area contributed by atoms with Gasteiger partial charge in [-0.05, 0) is 38.5 Å². The van der Waals surface area contributed by atoms with E-state index in [0.717, 1.165) is 57.8 Å². The van der Waals surface area contributed by atoms with E-state index >= 15 is 0 Å². The number of hydrogen-bond donors (Lipinski definition) is 0. The van der Waals surface area contributed by atoms with Crippen molar-refractivity contribution in [3.8, 4) is 0 Å². The Kier molecular flexibility index (Phi) is 45.3. The predicted molar refractivity (Wildman–Crippen MR) is 243 cm³/mol. The third-order valence-corrected chi connectivity index (χ3v) is 11.3. The molecule has 0 aliphatic heterocycles. The summed E-state index contributed by atoms with van der Waals surface area (Å²) in [7, 11) is 0. The highest BCUT2D eigenvalue weighted by molar-refractivity contribution is 5.71. The molecule has 0 aromatic rings. The molecule has 6 heteroatoms. The molecule has 0 heterocycles. The van der Waals surface area contributed by atoms with Gasteiger partial charge in [0.25, 0.3) is 0 Å². The number of unbranched alkanes of at least 4 members (excludes halogenated alkanes) is 33. The van der Waals surface area contributed by atoms with Crippen LogP contribution in [0.4, 0.5) is 0 Å². The van der Waals surface area contributed by atoms with Crippen LogP contribution in [-0.4, -0.2) is 37.2 Å². The maximum absolute atomic E-state index is 12.8. The largest absolute Gasteiger partial charge is 0.462 e. The molecule has 1 atom stereocenters. The molecule has 336 valence electrons. The van der Waals surface area contributed by atoms with Gasteiger partial charge in [0.1, 0.15) is 13.2 Å². The third kappa shape index (κ3) is 45.1. The Morgan fingerprint density at radius 3 is 0.947 bits per heavy atom. The van der Waals surface area contributed by atoms with Crippen LogP contribution >= 0.6 is 0 Å². The molecule has 0 aliphatic carbocycles. The van der Waals surface area contributed by atoms with Crippen molar-refractivity contribution in [2.45, 2.75) is 284 Å². The zero-order chi connectivity index (χ0) is 41.5. The van der Waals surface area contributed by atoms with Crippen LogP contribution in [0.25, 0.3) is 0 Å². The van der Waals surface area contributed by atoms with Crippen molar-refractivity contribution in [2.75, 3.05) is 13.2 Å². The molecule has 6 nitrogen and oxygen atoms in total. The second kappa shape index (κ2) is 46.8. The van der Waals surface area contributed by atoms with Gasteiger partial charge in [-0.25, -0.2) is 0 Å². The van der Waals surface area contributed by atoms with E-state index in [1.54, 1.807) is 0 Å². The lowest BCUT2D eigenvalue weighted by atomic mass is 10.0. The Morgan fingerprint density at radius 2 is 0.596 bits per heavy atom. The lowest BCUT2D eigenvalue weighted by Gasteiger charge is -2.18. The first-order valence-corrected chi connectivity index (χ1v) is 25.2. The number of carbonyl (C=O) groups excluding carboxylic acids is 3. The lowest BCUT2D eigenvalue weighted by molar-refractivity contribution is -0.167. The molecule has 0 aromatic heterocycles. The highest BCUT2D eigenvalue weighted by atomic mass is 16.6. The minimum Gasteiger partial charge on any atom is -0.462 e. The van der Waals surface area contributed by atoms with Crippen LogP contribution in [0.5, 0.6) is 0 Å². The average Bonchev–Trinajstić information content (AvgIpc) is 3.21. The smallest absolute Gasteiger partial charge is 0.306 e. The first-order valence-electron chi connectivity index (χ1n) is 25.2. The minimum absolute atomic E-state index is 0.0732. The molecule has 0 aromatic carbocycles. The van der Waals surface area contributed by atoms with Crippen LogP contribution < -0.4 is 0 Å². The van der Waals surface area contributed by atoms with E-state index < -0.39 is 6.10 Å². The van der Waals surface area contributed by atoms with Gasteiger partial charge in [0.15, 0.2) is 6.10 Å². The first-order chi connectivity index (χ1) is 28.0. The van der Waals surface area contributed by atoms with E-state index in [1.807, 2.05) is 0 Å². The van der Waals surface area contributed by atoms with Gasteiger partial charge < -0.3 is 14.2 Å². The fraction of sp³-hybridized carbons (Fsp3) is 0.902. The van der Waals surface area contributed by atoms with Crippen LogP contribution in [-0.2, 0) is 28.6 Å². The maximum Gasteiger partial charge on any atom is 0.306 e. The second-order valence-corrected chi connectivity index (χ2v) is 17.1. The standard InChI is InChI=1S/C51H96O6/c1-4-7-10-13-16-19-21-23-25-27-29-32-35-38-41-44-50(53)56-47-48(46-55-49(52)43-40-37-34-31-18-15-12-9-6-3)57-51(54)45-42-39-36-33-30-28-26-24-22-20-17-14-11-8-5-2/h31,34,48H,4-30,32-33,35-47H2,1-3H3/b34-31-. The van der Waals surface area contributed by atoms with E-state index in [-0.39, 0.29) is 31.1 Å². The van der Waals surface area contributed by atoms with Crippen molar-refractivity contribution in [3.05, 3.63) is 12.2 Å². The lowest BCUT2D eigenvalue weighted by Crippen LogP contribution is -2.30. The summed E-state index contributed by atoms with van der Waals surface area (Å²) in [6.45, 7) is 6.61. The van der Waals surface area contributed by atoms with Crippen molar-refractivity contribution in [1.82, 2.24) is 0 Å². The molecule has 0 aliphatic rings. The van der Waals surface area contributed by atoms with Gasteiger partial charge in [0.05, 0.1) is 0 Å². The molecule has 0 rings (SSSR count). The molecule has 0 saturated carbocycles. The summed E-state index contributed by atoms with van der Waals surface area (Å²) >= 11 is 0. The fourth-order valence-electron chi connectivity index (χ4n) is 7.45. The molecule has 1 unspecified atom stereocenters. The zero-order valence-corrected chi connectivity index (χ0v) is 38.4. The predicted octanol–water partition coefficient (Wildman–Crippen LogP) is 16.2.